The zero-order chi connectivity index (χ0) is 13.9. The molecule has 1 aromatic carbocycles. The lowest BCUT2D eigenvalue weighted by Gasteiger charge is -2.31. The van der Waals surface area contributed by atoms with Crippen molar-refractivity contribution >= 4 is 16.7 Å². The van der Waals surface area contributed by atoms with E-state index >= 15 is 0 Å². The number of nitrogens with two attached hydrogens (primary N) is 1. The normalized spacial score (nSPS) is 16.6. The number of piperidine rings is 1. The summed E-state index contributed by atoms with van der Waals surface area (Å²) in [5.74, 6) is 0.594. The summed E-state index contributed by atoms with van der Waals surface area (Å²) in [5, 5.41) is 1.99. The van der Waals surface area contributed by atoms with E-state index < -0.39 is 0 Å². The maximum atomic E-state index is 12.6. The summed E-state index contributed by atoms with van der Waals surface area (Å²) in [7, 11) is 0. The van der Waals surface area contributed by atoms with Crippen molar-refractivity contribution in [2.45, 2.75) is 12.8 Å². The van der Waals surface area contributed by atoms with Crippen molar-refractivity contribution in [1.29, 1.82) is 0 Å². The van der Waals surface area contributed by atoms with Crippen LogP contribution < -0.4 is 5.73 Å². The lowest BCUT2D eigenvalue weighted by Crippen LogP contribution is -2.40. The quantitative estimate of drug-likeness (QED) is 0.907. The van der Waals surface area contributed by atoms with Gasteiger partial charge < -0.3 is 10.6 Å². The van der Waals surface area contributed by atoms with E-state index in [2.05, 4.69) is 4.98 Å². The summed E-state index contributed by atoms with van der Waals surface area (Å²) in [6.45, 7) is 2.28. The minimum atomic E-state index is 0.0391. The minimum Gasteiger partial charge on any atom is -0.337 e. The van der Waals surface area contributed by atoms with E-state index in [1.807, 2.05) is 35.2 Å². The van der Waals surface area contributed by atoms with Crippen LogP contribution in [0.5, 0.6) is 0 Å². The Kier molecular flexibility index (Phi) is 3.65. The third kappa shape index (κ3) is 2.39. The third-order valence-electron chi connectivity index (χ3n) is 4.11. The van der Waals surface area contributed by atoms with E-state index in [-0.39, 0.29) is 5.91 Å². The number of benzene rings is 1. The summed E-state index contributed by atoms with van der Waals surface area (Å²) in [4.78, 5) is 18.8. The Morgan fingerprint density at radius 1 is 1.25 bits per heavy atom. The molecule has 104 valence electrons. The van der Waals surface area contributed by atoms with Crippen LogP contribution in [0, 0.1) is 5.92 Å². The summed E-state index contributed by atoms with van der Waals surface area (Å²) < 4.78 is 0. The van der Waals surface area contributed by atoms with Gasteiger partial charge in [0.1, 0.15) is 5.69 Å². The zero-order valence-corrected chi connectivity index (χ0v) is 11.5. The van der Waals surface area contributed by atoms with Crippen LogP contribution in [0.1, 0.15) is 23.3 Å². The molecule has 4 heteroatoms. The van der Waals surface area contributed by atoms with E-state index in [1.165, 1.54) is 0 Å². The molecule has 0 aliphatic carbocycles. The van der Waals surface area contributed by atoms with Crippen LogP contribution in [0.15, 0.2) is 36.5 Å². The highest BCUT2D eigenvalue weighted by Gasteiger charge is 2.24. The highest BCUT2D eigenvalue weighted by atomic mass is 16.2. The Morgan fingerprint density at radius 2 is 2.00 bits per heavy atom. The number of carbonyl (C=O) groups is 1. The van der Waals surface area contributed by atoms with Gasteiger partial charge >= 0.3 is 0 Å². The number of fused-ring (bicyclic) bond motifs is 1. The van der Waals surface area contributed by atoms with Crippen molar-refractivity contribution in [2.75, 3.05) is 19.6 Å². The van der Waals surface area contributed by atoms with Crippen LogP contribution in [0.4, 0.5) is 0 Å². The Balaban J connectivity index is 1.86. The molecule has 0 atom stereocenters. The summed E-state index contributed by atoms with van der Waals surface area (Å²) in [5.41, 5.74) is 6.26. The molecule has 0 radical (unpaired) electrons. The second-order valence-corrected chi connectivity index (χ2v) is 5.35. The molecular weight excluding hydrogens is 250 g/mol. The first-order valence-corrected chi connectivity index (χ1v) is 7.12. The van der Waals surface area contributed by atoms with Crippen molar-refractivity contribution in [2.24, 2.45) is 11.7 Å². The molecule has 0 saturated carbocycles. The van der Waals surface area contributed by atoms with Gasteiger partial charge in [-0.15, -0.1) is 0 Å². The molecule has 1 aromatic heterocycles. The molecule has 2 heterocycles. The predicted molar refractivity (Wildman–Crippen MR) is 79.4 cm³/mol. The van der Waals surface area contributed by atoms with Gasteiger partial charge in [-0.1, -0.05) is 24.3 Å². The average molecular weight is 269 g/mol. The first-order chi connectivity index (χ1) is 9.79. The van der Waals surface area contributed by atoms with Crippen LogP contribution in [-0.2, 0) is 0 Å². The molecule has 2 aromatic rings. The molecule has 3 rings (SSSR count). The Morgan fingerprint density at radius 3 is 2.75 bits per heavy atom. The van der Waals surface area contributed by atoms with Gasteiger partial charge in [0.25, 0.3) is 5.91 Å². The number of likely N-dealkylation sites (tertiary alicyclic amines) is 1. The molecule has 0 bridgehead atoms. The van der Waals surface area contributed by atoms with Gasteiger partial charge in [-0.2, -0.15) is 0 Å². The van der Waals surface area contributed by atoms with Crippen LogP contribution in [0.3, 0.4) is 0 Å². The highest BCUT2D eigenvalue weighted by molar-refractivity contribution is 6.05. The fraction of sp³-hybridized carbons (Fsp3) is 0.375. The van der Waals surface area contributed by atoms with E-state index in [0.29, 0.717) is 18.2 Å². The van der Waals surface area contributed by atoms with Gasteiger partial charge in [0, 0.05) is 24.7 Å². The average Bonchev–Trinajstić information content (AvgIpc) is 2.54. The molecule has 4 nitrogen and oxygen atoms in total. The maximum Gasteiger partial charge on any atom is 0.273 e. The first-order valence-electron chi connectivity index (χ1n) is 7.12. The SMILES string of the molecule is NCC1CCN(C(=O)c2nccc3ccccc23)CC1. The molecule has 0 unspecified atom stereocenters. The second kappa shape index (κ2) is 5.59. The fourth-order valence-corrected chi connectivity index (χ4v) is 2.81. The Hall–Kier alpha value is -1.94. The third-order valence-corrected chi connectivity index (χ3v) is 4.11. The van der Waals surface area contributed by atoms with E-state index in [1.54, 1.807) is 6.20 Å². The molecular formula is C16H19N3O. The van der Waals surface area contributed by atoms with Crippen LogP contribution in [-0.4, -0.2) is 35.4 Å². The van der Waals surface area contributed by atoms with Gasteiger partial charge in [-0.25, -0.2) is 0 Å². The fourth-order valence-electron chi connectivity index (χ4n) is 2.81. The van der Waals surface area contributed by atoms with Gasteiger partial charge in [0.05, 0.1) is 0 Å². The number of pyridine rings is 1. The van der Waals surface area contributed by atoms with Gasteiger partial charge in [0.15, 0.2) is 0 Å². The van der Waals surface area contributed by atoms with Crippen molar-refractivity contribution in [3.05, 3.63) is 42.2 Å². The number of amides is 1. The van der Waals surface area contributed by atoms with Crippen molar-refractivity contribution in [3.63, 3.8) is 0 Å². The van der Waals surface area contributed by atoms with Crippen LogP contribution in [0.2, 0.25) is 0 Å². The smallest absolute Gasteiger partial charge is 0.273 e. The van der Waals surface area contributed by atoms with Crippen molar-refractivity contribution in [1.82, 2.24) is 9.88 Å². The van der Waals surface area contributed by atoms with E-state index in [4.69, 9.17) is 5.73 Å². The summed E-state index contributed by atoms with van der Waals surface area (Å²) in [6, 6.07) is 9.83. The number of rotatable bonds is 2. The molecule has 2 N–H and O–H groups in total. The minimum absolute atomic E-state index is 0.0391. The summed E-state index contributed by atoms with van der Waals surface area (Å²) >= 11 is 0. The molecule has 0 spiro atoms. The molecule has 1 fully saturated rings. The maximum absolute atomic E-state index is 12.6. The molecule has 1 aliphatic rings. The molecule has 1 amide bonds. The largest absolute Gasteiger partial charge is 0.337 e. The molecule has 1 aliphatic heterocycles. The summed E-state index contributed by atoms with van der Waals surface area (Å²) in [6.07, 6.45) is 3.70. The van der Waals surface area contributed by atoms with E-state index in [0.717, 1.165) is 36.7 Å². The molecule has 1 saturated heterocycles. The molecule has 20 heavy (non-hydrogen) atoms. The van der Waals surface area contributed by atoms with Gasteiger partial charge in [-0.05, 0) is 36.8 Å². The highest BCUT2D eigenvalue weighted by Crippen LogP contribution is 2.21. The number of hydrogen-bond donors (Lipinski definition) is 1. The Labute approximate surface area is 118 Å². The van der Waals surface area contributed by atoms with Gasteiger partial charge in [-0.3, -0.25) is 9.78 Å². The number of nitrogens with zero attached hydrogens (tertiary/aromatic N) is 2. The van der Waals surface area contributed by atoms with Crippen LogP contribution in [0.25, 0.3) is 10.8 Å². The monoisotopic (exact) mass is 269 g/mol. The topological polar surface area (TPSA) is 59.2 Å². The standard InChI is InChI=1S/C16H19N3O/c17-11-12-6-9-19(10-7-12)16(20)15-14-4-2-1-3-13(14)5-8-18-15/h1-5,8,12H,6-7,9-11,17H2. The number of carbonyl (C=O) groups excluding carboxylic acids is 1. The van der Waals surface area contributed by atoms with E-state index in [9.17, 15) is 4.79 Å². The number of hydrogen-bond acceptors (Lipinski definition) is 3. The zero-order valence-electron chi connectivity index (χ0n) is 11.5. The van der Waals surface area contributed by atoms with Crippen molar-refractivity contribution in [3.8, 4) is 0 Å². The first kappa shape index (κ1) is 13.1. The number of aromatic nitrogens is 1. The Bertz CT molecular complexity index is 613. The lowest BCUT2D eigenvalue weighted by atomic mass is 9.96. The van der Waals surface area contributed by atoms with Crippen molar-refractivity contribution < 1.29 is 4.79 Å². The lowest BCUT2D eigenvalue weighted by molar-refractivity contribution is 0.0689. The predicted octanol–water partition coefficient (Wildman–Crippen LogP) is 2.05. The van der Waals surface area contributed by atoms with Gasteiger partial charge in [0.2, 0.25) is 0 Å². The second-order valence-electron chi connectivity index (χ2n) is 5.35. The van der Waals surface area contributed by atoms with Crippen LogP contribution >= 0.6 is 0 Å².